The molecule has 0 N–H and O–H groups in total. The standard InChI is InChI=1S/C24H22N2OS2/c1-3-13-28-24-25-22-20(23(27)26(24)17-9-6-7-15(2)14-17)19-12-11-16-8-4-5-10-18(16)21(19)29-22/h4-10,14H,3,11-13H2,1-2H3. The lowest BCUT2D eigenvalue weighted by atomic mass is 9.90. The first-order valence-corrected chi connectivity index (χ1v) is 11.8. The maximum absolute atomic E-state index is 13.8. The molecule has 2 aromatic carbocycles. The summed E-state index contributed by atoms with van der Waals surface area (Å²) in [6.45, 7) is 4.21. The second-order valence-electron chi connectivity index (χ2n) is 7.47. The van der Waals surface area contributed by atoms with Gasteiger partial charge in [-0.2, -0.15) is 0 Å². The van der Waals surface area contributed by atoms with Gasteiger partial charge in [0.2, 0.25) is 0 Å². The van der Waals surface area contributed by atoms with E-state index in [4.69, 9.17) is 4.98 Å². The Balaban J connectivity index is 1.81. The van der Waals surface area contributed by atoms with Gasteiger partial charge in [0, 0.05) is 10.6 Å². The average Bonchev–Trinajstić information content (AvgIpc) is 3.11. The minimum absolute atomic E-state index is 0.0658. The van der Waals surface area contributed by atoms with Gasteiger partial charge in [-0.1, -0.05) is 55.1 Å². The topological polar surface area (TPSA) is 34.9 Å². The predicted molar refractivity (Wildman–Crippen MR) is 124 cm³/mol. The van der Waals surface area contributed by atoms with Gasteiger partial charge >= 0.3 is 0 Å². The van der Waals surface area contributed by atoms with Crippen molar-refractivity contribution in [1.29, 1.82) is 0 Å². The van der Waals surface area contributed by atoms with Crippen molar-refractivity contribution in [2.24, 2.45) is 0 Å². The van der Waals surface area contributed by atoms with Gasteiger partial charge < -0.3 is 0 Å². The van der Waals surface area contributed by atoms with E-state index in [1.165, 1.54) is 21.6 Å². The van der Waals surface area contributed by atoms with Gasteiger partial charge in [0.1, 0.15) is 4.83 Å². The highest BCUT2D eigenvalue weighted by atomic mass is 32.2. The van der Waals surface area contributed by atoms with Crippen LogP contribution in [0.3, 0.4) is 0 Å². The number of rotatable bonds is 4. The average molecular weight is 419 g/mol. The highest BCUT2D eigenvalue weighted by molar-refractivity contribution is 7.99. The zero-order valence-corrected chi connectivity index (χ0v) is 18.2. The quantitative estimate of drug-likeness (QED) is 0.300. The van der Waals surface area contributed by atoms with Crippen LogP contribution in [-0.2, 0) is 12.8 Å². The summed E-state index contributed by atoms with van der Waals surface area (Å²) in [5.74, 6) is 0.942. The molecule has 1 aliphatic carbocycles. The van der Waals surface area contributed by atoms with Gasteiger partial charge in [0.05, 0.1) is 11.1 Å². The molecule has 4 aromatic rings. The molecule has 0 radical (unpaired) electrons. The molecule has 3 nitrogen and oxygen atoms in total. The maximum atomic E-state index is 13.8. The third-order valence-electron chi connectivity index (χ3n) is 5.40. The van der Waals surface area contributed by atoms with Crippen LogP contribution in [0.15, 0.2) is 58.5 Å². The monoisotopic (exact) mass is 418 g/mol. The van der Waals surface area contributed by atoms with Crippen molar-refractivity contribution < 1.29 is 0 Å². The van der Waals surface area contributed by atoms with E-state index in [2.05, 4.69) is 50.2 Å². The summed E-state index contributed by atoms with van der Waals surface area (Å²) >= 11 is 3.34. The smallest absolute Gasteiger partial charge is 0.267 e. The Labute approximate surface area is 178 Å². The Kier molecular flexibility index (Phi) is 4.80. The molecule has 0 unspecified atom stereocenters. The first kappa shape index (κ1) is 18.6. The Morgan fingerprint density at radius 2 is 2.00 bits per heavy atom. The molecule has 2 heterocycles. The SMILES string of the molecule is CCCSc1nc2sc3c(c2c(=O)n1-c1cccc(C)c1)CCc1ccccc1-3. The molecule has 0 aliphatic heterocycles. The lowest BCUT2D eigenvalue weighted by molar-refractivity contribution is 0.818. The van der Waals surface area contributed by atoms with E-state index in [0.717, 1.165) is 51.6 Å². The van der Waals surface area contributed by atoms with Crippen LogP contribution in [0.5, 0.6) is 0 Å². The Morgan fingerprint density at radius 3 is 2.83 bits per heavy atom. The first-order chi connectivity index (χ1) is 14.2. The van der Waals surface area contributed by atoms with E-state index in [9.17, 15) is 4.79 Å². The van der Waals surface area contributed by atoms with Crippen LogP contribution in [0, 0.1) is 6.92 Å². The van der Waals surface area contributed by atoms with Crippen LogP contribution in [0.1, 0.15) is 30.0 Å². The third kappa shape index (κ3) is 3.13. The molecule has 2 aromatic heterocycles. The van der Waals surface area contributed by atoms with Gasteiger partial charge in [-0.25, -0.2) is 4.98 Å². The molecular weight excluding hydrogens is 396 g/mol. The number of aryl methyl sites for hydroxylation is 3. The van der Waals surface area contributed by atoms with Crippen molar-refractivity contribution in [3.63, 3.8) is 0 Å². The van der Waals surface area contributed by atoms with Gasteiger partial charge in [-0.15, -0.1) is 11.3 Å². The summed E-state index contributed by atoms with van der Waals surface area (Å²) in [5, 5.41) is 1.60. The van der Waals surface area contributed by atoms with Crippen LogP contribution in [-0.4, -0.2) is 15.3 Å². The summed E-state index contributed by atoms with van der Waals surface area (Å²) in [5.41, 5.74) is 5.92. The zero-order valence-electron chi connectivity index (χ0n) is 16.6. The van der Waals surface area contributed by atoms with Crippen LogP contribution in [0.25, 0.3) is 26.3 Å². The number of thiophene rings is 1. The summed E-state index contributed by atoms with van der Waals surface area (Å²) in [4.78, 5) is 20.9. The van der Waals surface area contributed by atoms with E-state index in [0.29, 0.717) is 0 Å². The second-order valence-corrected chi connectivity index (χ2v) is 9.53. The van der Waals surface area contributed by atoms with E-state index in [1.807, 2.05) is 16.7 Å². The third-order valence-corrected chi connectivity index (χ3v) is 7.70. The Bertz CT molecular complexity index is 1290. The molecule has 0 bridgehead atoms. The fourth-order valence-electron chi connectivity index (χ4n) is 4.05. The summed E-state index contributed by atoms with van der Waals surface area (Å²) < 4.78 is 1.82. The zero-order chi connectivity index (χ0) is 20.0. The second kappa shape index (κ2) is 7.47. The lowest BCUT2D eigenvalue weighted by Crippen LogP contribution is -2.22. The highest BCUT2D eigenvalue weighted by Gasteiger charge is 2.25. The molecule has 0 fully saturated rings. The van der Waals surface area contributed by atoms with Crippen LogP contribution >= 0.6 is 23.1 Å². The molecular formula is C24H22N2OS2. The Hall–Kier alpha value is -2.37. The Morgan fingerprint density at radius 1 is 1.14 bits per heavy atom. The van der Waals surface area contributed by atoms with Gasteiger partial charge in [-0.3, -0.25) is 9.36 Å². The van der Waals surface area contributed by atoms with Crippen molar-refractivity contribution in [3.05, 3.63) is 75.6 Å². The van der Waals surface area contributed by atoms with Crippen molar-refractivity contribution >= 4 is 33.3 Å². The minimum atomic E-state index is 0.0658. The number of hydrogen-bond donors (Lipinski definition) is 0. The van der Waals surface area contributed by atoms with E-state index in [-0.39, 0.29) is 5.56 Å². The summed E-state index contributed by atoms with van der Waals surface area (Å²) in [6.07, 6.45) is 2.92. The molecule has 0 saturated carbocycles. The van der Waals surface area contributed by atoms with E-state index in [1.54, 1.807) is 23.1 Å². The maximum Gasteiger partial charge on any atom is 0.267 e. The number of aromatic nitrogens is 2. The van der Waals surface area contributed by atoms with Crippen LogP contribution in [0.2, 0.25) is 0 Å². The predicted octanol–water partition coefficient (Wildman–Crippen LogP) is 6.02. The fourth-order valence-corrected chi connectivity index (χ4v) is 6.24. The molecule has 1 aliphatic rings. The molecule has 0 spiro atoms. The van der Waals surface area contributed by atoms with Crippen LogP contribution in [0.4, 0.5) is 0 Å². The number of hydrogen-bond acceptors (Lipinski definition) is 4. The molecule has 0 amide bonds. The normalized spacial score (nSPS) is 12.8. The fraction of sp³-hybridized carbons (Fsp3) is 0.250. The molecule has 146 valence electrons. The lowest BCUT2D eigenvalue weighted by Gasteiger charge is -2.16. The molecule has 5 rings (SSSR count). The highest BCUT2D eigenvalue weighted by Crippen LogP contribution is 2.42. The van der Waals surface area contributed by atoms with Crippen molar-refractivity contribution in [2.45, 2.75) is 38.3 Å². The number of thioether (sulfide) groups is 1. The molecule has 5 heteroatoms. The van der Waals surface area contributed by atoms with Crippen molar-refractivity contribution in [3.8, 4) is 16.1 Å². The van der Waals surface area contributed by atoms with Crippen molar-refractivity contribution in [2.75, 3.05) is 5.75 Å². The molecule has 0 atom stereocenters. The van der Waals surface area contributed by atoms with Crippen molar-refractivity contribution in [1.82, 2.24) is 9.55 Å². The summed E-state index contributed by atoms with van der Waals surface area (Å²) in [7, 11) is 0. The summed E-state index contributed by atoms with van der Waals surface area (Å²) in [6, 6.07) is 16.7. The van der Waals surface area contributed by atoms with E-state index < -0.39 is 0 Å². The molecule has 29 heavy (non-hydrogen) atoms. The number of benzene rings is 2. The molecule has 0 saturated heterocycles. The minimum Gasteiger partial charge on any atom is -0.268 e. The number of fused-ring (bicyclic) bond motifs is 5. The van der Waals surface area contributed by atoms with Gasteiger partial charge in [0.15, 0.2) is 5.16 Å². The largest absolute Gasteiger partial charge is 0.268 e. The van der Waals surface area contributed by atoms with E-state index >= 15 is 0 Å². The van der Waals surface area contributed by atoms with Crippen LogP contribution < -0.4 is 5.56 Å². The number of nitrogens with zero attached hydrogens (tertiary/aromatic N) is 2. The van der Waals surface area contributed by atoms with Gasteiger partial charge in [0.25, 0.3) is 5.56 Å². The van der Waals surface area contributed by atoms with Gasteiger partial charge in [-0.05, 0) is 60.6 Å². The first-order valence-electron chi connectivity index (χ1n) is 10.0.